The molecule has 5 aliphatic heterocycles. The SMILES string of the molecule is CC(=O)OC1O[C@H](CCP(C)(C)=O)[C@@H](C)[C@H]1OC(C)=O.CC(=O)O[C@@H]1[C@H](C)[C@@H](CCP(C)(C)=O)O[C@H]1n1cc(C)c(=O)[nH]c1=O.CO[C@@H]1[C@H](O)[C@@H](CCP(C)(C)=O)O[C@H]1n1cc(C)c(=O)[nH]c1=O.Cc1c[nH]c(=O)[nH]c1=O.Cc1cn([C@@H]2O[C@H](CCP(C)(C)=O)[C@@H](C)[C@H]2O)c(=O)n(COCc2ccccc2)c1=O.[C-]#[N+]CCOP(O[C@H]1[C@@H](OC)[C@H](n2cc(C)c(=O)[nH]c2=O)O[C@@H]1CCP(C)(C)=O)N(C(C)C)C(C)C. The molecule has 7 N–H and O–H groups in total. The molecule has 6 aromatic rings. The van der Waals surface area contributed by atoms with Gasteiger partial charge in [0.05, 0.1) is 72.8 Å². The van der Waals surface area contributed by atoms with Gasteiger partial charge in [-0.25, -0.2) is 39.8 Å². The average molecular weight is 2150 g/mol. The number of aryl methyl sites for hydroxylation is 5. The fraction of sp³-hybridized carbons (Fsp3) is 0.677. The van der Waals surface area contributed by atoms with Crippen LogP contribution in [0.3, 0.4) is 0 Å². The van der Waals surface area contributed by atoms with Crippen LogP contribution in [0.2, 0.25) is 0 Å². The van der Waals surface area contributed by atoms with Crippen LogP contribution in [0.15, 0.2) is 109 Å². The minimum absolute atomic E-state index is 0.0950. The molecule has 5 aliphatic rings. The second-order valence-corrected chi connectivity index (χ2v) is 58.8. The molecule has 11 rings (SSSR count). The number of carbonyl (C=O) groups is 3. The lowest BCUT2D eigenvalue weighted by Gasteiger charge is -2.38. The second kappa shape index (κ2) is 55.2. The minimum atomic E-state index is -2.36. The van der Waals surface area contributed by atoms with Crippen molar-refractivity contribution in [3.8, 4) is 0 Å². The molecule has 0 aliphatic carbocycles. The Morgan fingerprint density at radius 1 is 0.472 bits per heavy atom. The number of aromatic nitrogens is 10. The maximum atomic E-state index is 13.1. The number of nitrogens with zero attached hydrogens (tertiary/aromatic N) is 7. The van der Waals surface area contributed by atoms with E-state index in [1.807, 2.05) is 78.8 Å². The summed E-state index contributed by atoms with van der Waals surface area (Å²) >= 11 is 0. The normalized spacial score (nSPS) is 24.9. The number of hydrogen-bond donors (Lipinski definition) is 7. The molecule has 51 heteroatoms. The Morgan fingerprint density at radius 2 is 0.854 bits per heavy atom. The van der Waals surface area contributed by atoms with Crippen LogP contribution in [-0.2, 0) is 112 Å². The molecule has 144 heavy (non-hydrogen) atoms. The van der Waals surface area contributed by atoms with Crippen LogP contribution >= 0.6 is 44.2 Å². The fourth-order valence-electron chi connectivity index (χ4n) is 16.2. The molecule has 1 aromatic carbocycles. The van der Waals surface area contributed by atoms with Crippen LogP contribution in [0.1, 0.15) is 160 Å². The third-order valence-corrected chi connectivity index (χ3v) is 32.8. The highest BCUT2D eigenvalue weighted by Gasteiger charge is 2.52. The van der Waals surface area contributed by atoms with Crippen molar-refractivity contribution in [1.29, 1.82) is 0 Å². The van der Waals surface area contributed by atoms with E-state index >= 15 is 0 Å². The summed E-state index contributed by atoms with van der Waals surface area (Å²) in [6.07, 6.45) is 0.315. The summed E-state index contributed by atoms with van der Waals surface area (Å²) in [6, 6.07) is 9.65. The van der Waals surface area contributed by atoms with E-state index in [-0.39, 0.29) is 80.2 Å². The van der Waals surface area contributed by atoms with Gasteiger partial charge in [0.15, 0.2) is 37.1 Å². The van der Waals surface area contributed by atoms with Crippen LogP contribution < -0.4 is 56.2 Å². The van der Waals surface area contributed by atoms with Gasteiger partial charge in [-0.15, -0.1) is 0 Å². The second-order valence-electron chi connectivity index (χ2n) is 39.4. The van der Waals surface area contributed by atoms with Gasteiger partial charge in [-0.1, -0.05) is 51.1 Å². The number of methoxy groups -OCH3 is 2. The number of aromatic amines is 5. The zero-order valence-corrected chi connectivity index (χ0v) is 92.6. The number of benzene rings is 1. The predicted octanol–water partition coefficient (Wildman–Crippen LogP) is 8.52. The molecule has 0 spiro atoms. The van der Waals surface area contributed by atoms with Gasteiger partial charge >= 0.3 is 46.4 Å². The number of ether oxygens (including phenoxy) is 11. The molecule has 2 unspecified atom stereocenters. The van der Waals surface area contributed by atoms with Crippen LogP contribution in [0.4, 0.5) is 0 Å². The number of carbonyl (C=O) groups excluding carboxylic acids is 3. The van der Waals surface area contributed by atoms with Gasteiger partial charge in [0, 0.05) is 154 Å². The lowest BCUT2D eigenvalue weighted by Crippen LogP contribution is -2.44. The summed E-state index contributed by atoms with van der Waals surface area (Å²) in [5.41, 5.74) is -2.25. The Kier molecular flexibility index (Phi) is 47.6. The van der Waals surface area contributed by atoms with Crippen molar-refractivity contribution in [3.05, 3.63) is 210 Å². The van der Waals surface area contributed by atoms with Crippen molar-refractivity contribution in [3.63, 3.8) is 0 Å². The maximum absolute atomic E-state index is 13.1. The van der Waals surface area contributed by atoms with E-state index in [0.29, 0.717) is 90.7 Å². The zero-order valence-electron chi connectivity index (χ0n) is 87.2. The van der Waals surface area contributed by atoms with Crippen LogP contribution in [0, 0.1) is 58.9 Å². The first kappa shape index (κ1) is 124. The Bertz CT molecular complexity index is 6220. The van der Waals surface area contributed by atoms with Gasteiger partial charge < -0.3 is 104 Å². The molecule has 0 bridgehead atoms. The number of rotatable bonds is 36. The van der Waals surface area contributed by atoms with E-state index < -0.39 is 199 Å². The highest BCUT2D eigenvalue weighted by atomic mass is 31.2. The fourth-order valence-corrected chi connectivity index (χ4v) is 22.4. The largest absolute Gasteiger partial charge is 0.457 e. The summed E-state index contributed by atoms with van der Waals surface area (Å²) in [6.45, 7) is 50.3. The molecule has 808 valence electrons. The molecule has 21 atom stereocenters. The van der Waals surface area contributed by atoms with E-state index in [1.54, 1.807) is 101 Å². The summed E-state index contributed by atoms with van der Waals surface area (Å²) in [4.78, 5) is 167. The quantitative estimate of drug-likeness (QED) is 0.00636. The smallest absolute Gasteiger partial charge is 0.335 e. The van der Waals surface area contributed by atoms with E-state index in [1.165, 1.54) is 84.2 Å². The number of nitrogens with one attached hydrogen (secondary N) is 5. The van der Waals surface area contributed by atoms with Crippen molar-refractivity contribution < 1.29 is 109 Å². The molecular formula is C93H148N12O33P6. The molecule has 0 radical (unpaired) electrons. The molecule has 45 nitrogen and oxygen atoms in total. The lowest BCUT2D eigenvalue weighted by molar-refractivity contribution is -0.194. The number of hydrogen-bond acceptors (Lipinski definition) is 34. The Morgan fingerprint density at radius 3 is 1.28 bits per heavy atom. The first-order valence-electron chi connectivity index (χ1n) is 47.1. The van der Waals surface area contributed by atoms with E-state index in [4.69, 9.17) is 67.7 Å². The molecule has 5 saturated heterocycles. The highest BCUT2D eigenvalue weighted by Crippen LogP contribution is 2.53. The van der Waals surface area contributed by atoms with E-state index in [2.05, 4.69) is 34.4 Å². The van der Waals surface area contributed by atoms with Gasteiger partial charge in [0.25, 0.3) is 36.3 Å². The van der Waals surface area contributed by atoms with Gasteiger partial charge in [-0.2, -0.15) is 0 Å². The van der Waals surface area contributed by atoms with E-state index in [9.17, 15) is 95.4 Å². The van der Waals surface area contributed by atoms with Crippen molar-refractivity contribution in [1.82, 2.24) is 52.4 Å². The predicted molar refractivity (Wildman–Crippen MR) is 546 cm³/mol. The molecule has 0 saturated carbocycles. The number of H-pyrrole nitrogens is 5. The third-order valence-electron chi connectivity index (χ3n) is 24.0. The van der Waals surface area contributed by atoms with Gasteiger partial charge in [-0.05, 0) is 167 Å². The topological polar surface area (TPSA) is 579 Å². The van der Waals surface area contributed by atoms with E-state index in [0.717, 1.165) is 10.1 Å². The third kappa shape index (κ3) is 37.7. The van der Waals surface area contributed by atoms with Crippen molar-refractivity contribution in [2.24, 2.45) is 17.8 Å². The van der Waals surface area contributed by atoms with Crippen LogP contribution in [-0.4, -0.2) is 297 Å². The summed E-state index contributed by atoms with van der Waals surface area (Å²) in [5.74, 6) is -1.94. The summed E-state index contributed by atoms with van der Waals surface area (Å²) in [5, 5.41) is 21.1. The molecule has 5 fully saturated rings. The number of esters is 3. The number of aliphatic hydroxyl groups is 2. The minimum Gasteiger partial charge on any atom is -0.457 e. The van der Waals surface area contributed by atoms with Crippen molar-refractivity contribution >= 4 is 62.1 Å². The summed E-state index contributed by atoms with van der Waals surface area (Å²) in [7, 11) is -9.84. The van der Waals surface area contributed by atoms with Gasteiger partial charge in [0.2, 0.25) is 12.8 Å². The van der Waals surface area contributed by atoms with Gasteiger partial charge in [-0.3, -0.25) is 76.6 Å². The summed E-state index contributed by atoms with van der Waals surface area (Å²) < 4.78 is 143. The standard InChI is InChI=1S/C23H40N4O7P2.C22H31N2O6P.C16H25N2O6P.C14H23N2O6P.C13H23O6P.C5H6N2O2/c1-15(2)27(16(3)4)35(32-12-11-24-6)34-19-18(10-13-36(8,9)30)33-22(20(19)31-7)26-14-17(5)21(28)25-23(26)29;1-15-12-23(21-19(25)16(2)18(30-21)10-11-31(3,4)28)22(27)24(20(15)26)14-29-13-17-8-6-5-7-9-17;1-9-8-18(16(21)17-14(9)20)15-13(23-11(3)19)10(2)12(24-15)6-7-25(4,5)22;1-8-7-16(14(19)15-12(8)18)13-11(21-2)10(17)9(22-13)5-6-23(3,4)20;1-8-11(6-7-20(4,5)16)19-13(18-10(3)15)12(8)17-9(2)14;1-3-2-6-5(9)7-4(3)8/h14-16,18-20,22H,10-13H2,1-5,7-9H3,(H,25,28,29);5-9,12,16,18-19,21,25H,10-11,13-14H2,1-4H3;8,10,12-13,15H,6-7H2,1-5H3,(H,17,20,21);7,9-11,13,17H,5-6H2,1-4H3,(H,15,18,19);8,11-13H,6-7H2,1-5H3;2H,1H3,(H2,6,7,8,9)/t18-,19-,20-,22-,35?;16-,18-,19-,21-;10-,12-,13-,15-;9-,10-,11-,13-;8-,11-,12-,13?;/m11111./s1. The van der Waals surface area contributed by atoms with Gasteiger partial charge in [0.1, 0.15) is 43.9 Å². The Hall–Kier alpha value is -8.42. The van der Waals surface area contributed by atoms with Crippen LogP contribution in [0.25, 0.3) is 4.85 Å². The maximum Gasteiger partial charge on any atom is 0.335 e. The molecule has 5 aromatic heterocycles. The molecule has 10 heterocycles. The monoisotopic (exact) mass is 2150 g/mol. The Balaban J connectivity index is 0.000000272. The van der Waals surface area contributed by atoms with Crippen LogP contribution in [0.5, 0.6) is 0 Å². The number of aliphatic hydroxyl groups excluding tert-OH is 2. The first-order chi connectivity index (χ1) is 66.8. The Labute approximate surface area is 837 Å². The molecular weight excluding hydrogens is 2000 g/mol. The lowest BCUT2D eigenvalue weighted by atomic mass is 9.98. The van der Waals surface area contributed by atoms with Crippen molar-refractivity contribution in [2.75, 3.05) is 125 Å². The van der Waals surface area contributed by atoms with Crippen molar-refractivity contribution in [2.45, 2.75) is 266 Å². The first-order valence-corrected chi connectivity index (χ1v) is 62.2. The highest BCUT2D eigenvalue weighted by molar-refractivity contribution is 7.63. The molecule has 0 amide bonds. The average Bonchev–Trinajstić information content (AvgIpc) is 1.51. The zero-order chi connectivity index (χ0) is 109.